The smallest absolute Gasteiger partial charge is 0.312 e. The lowest BCUT2D eigenvalue weighted by Crippen LogP contribution is -2.51. The number of benzene rings is 1. The van der Waals surface area contributed by atoms with E-state index in [2.05, 4.69) is 5.32 Å². The van der Waals surface area contributed by atoms with E-state index in [1.54, 1.807) is 0 Å². The fourth-order valence-corrected chi connectivity index (χ4v) is 3.79. The lowest BCUT2D eigenvalue weighted by Gasteiger charge is -2.30. The number of hydrogen-bond acceptors (Lipinski definition) is 6. The number of halogens is 1. The molecule has 0 aliphatic carbocycles. The molecule has 1 heterocycles. The van der Waals surface area contributed by atoms with Crippen molar-refractivity contribution in [2.45, 2.75) is 17.9 Å². The third kappa shape index (κ3) is 3.67. The number of nitrogens with zero attached hydrogens (tertiary/aromatic N) is 2. The number of sulfonamides is 1. The molecule has 1 fully saturated rings. The second-order valence-electron chi connectivity index (χ2n) is 4.81. The summed E-state index contributed by atoms with van der Waals surface area (Å²) in [5, 5.41) is 14.1. The molecule has 0 spiro atoms. The SMILES string of the molecule is COc1ccc(S(=O)(=O)N2CCN[C@H](C)C2)cc1[N+](=O)[O-].Cl. The van der Waals surface area contributed by atoms with Gasteiger partial charge < -0.3 is 10.1 Å². The van der Waals surface area contributed by atoms with Gasteiger partial charge in [0.2, 0.25) is 10.0 Å². The zero-order chi connectivity index (χ0) is 15.6. The maximum Gasteiger partial charge on any atom is 0.312 e. The molecule has 8 nitrogen and oxygen atoms in total. The highest BCUT2D eigenvalue weighted by molar-refractivity contribution is 7.89. The number of nitro groups is 1. The van der Waals surface area contributed by atoms with Gasteiger partial charge in [0.05, 0.1) is 16.9 Å². The predicted molar refractivity (Wildman–Crippen MR) is 83.1 cm³/mol. The van der Waals surface area contributed by atoms with Gasteiger partial charge in [0.1, 0.15) is 0 Å². The molecule has 0 unspecified atom stereocenters. The maximum atomic E-state index is 12.5. The lowest BCUT2D eigenvalue weighted by atomic mass is 10.3. The first-order chi connectivity index (χ1) is 9.86. The summed E-state index contributed by atoms with van der Waals surface area (Å²) in [4.78, 5) is 10.2. The van der Waals surface area contributed by atoms with Gasteiger partial charge in [-0.15, -0.1) is 12.4 Å². The van der Waals surface area contributed by atoms with Crippen molar-refractivity contribution in [3.63, 3.8) is 0 Å². The van der Waals surface area contributed by atoms with E-state index >= 15 is 0 Å². The fraction of sp³-hybridized carbons (Fsp3) is 0.500. The van der Waals surface area contributed by atoms with Crippen LogP contribution in [0.1, 0.15) is 6.92 Å². The molecule has 0 amide bonds. The third-order valence-electron chi connectivity index (χ3n) is 3.32. The van der Waals surface area contributed by atoms with Gasteiger partial charge in [0, 0.05) is 31.7 Å². The number of hydrogen-bond donors (Lipinski definition) is 1. The minimum Gasteiger partial charge on any atom is -0.490 e. The van der Waals surface area contributed by atoms with Crippen molar-refractivity contribution in [1.29, 1.82) is 0 Å². The summed E-state index contributed by atoms with van der Waals surface area (Å²) in [6, 6.07) is 3.72. The first-order valence-electron chi connectivity index (χ1n) is 6.42. The van der Waals surface area contributed by atoms with Crippen LogP contribution in [0.2, 0.25) is 0 Å². The molecular formula is C12H18ClN3O5S. The Morgan fingerprint density at radius 2 is 2.14 bits per heavy atom. The molecule has 22 heavy (non-hydrogen) atoms. The maximum absolute atomic E-state index is 12.5. The number of nitro benzene ring substituents is 1. The molecule has 0 radical (unpaired) electrons. The molecule has 10 heteroatoms. The van der Waals surface area contributed by atoms with E-state index in [9.17, 15) is 18.5 Å². The van der Waals surface area contributed by atoms with Crippen LogP contribution in [0.15, 0.2) is 23.1 Å². The summed E-state index contributed by atoms with van der Waals surface area (Å²) < 4.78 is 31.3. The van der Waals surface area contributed by atoms with Gasteiger partial charge in [0.15, 0.2) is 5.75 Å². The van der Waals surface area contributed by atoms with Crippen LogP contribution in [0.25, 0.3) is 0 Å². The molecule has 1 atom stereocenters. The van der Waals surface area contributed by atoms with E-state index in [1.165, 1.54) is 23.5 Å². The average Bonchev–Trinajstić information content (AvgIpc) is 2.46. The van der Waals surface area contributed by atoms with Crippen molar-refractivity contribution in [2.24, 2.45) is 0 Å². The van der Waals surface area contributed by atoms with E-state index < -0.39 is 14.9 Å². The predicted octanol–water partition coefficient (Wildman–Crippen LogP) is 1.01. The molecule has 0 saturated carbocycles. The van der Waals surface area contributed by atoms with Gasteiger partial charge in [-0.25, -0.2) is 8.42 Å². The zero-order valence-corrected chi connectivity index (χ0v) is 13.8. The molecule has 0 aromatic heterocycles. The Labute approximate surface area is 135 Å². The largest absolute Gasteiger partial charge is 0.490 e. The Balaban J connectivity index is 0.00000242. The van der Waals surface area contributed by atoms with Gasteiger partial charge in [-0.2, -0.15) is 4.31 Å². The first kappa shape index (κ1) is 18.6. The van der Waals surface area contributed by atoms with E-state index in [1.807, 2.05) is 6.92 Å². The third-order valence-corrected chi connectivity index (χ3v) is 5.18. The summed E-state index contributed by atoms with van der Waals surface area (Å²) in [5.41, 5.74) is -0.359. The van der Waals surface area contributed by atoms with E-state index in [0.717, 1.165) is 6.07 Å². The molecule has 1 aromatic rings. The number of nitrogens with one attached hydrogen (secondary N) is 1. The molecular weight excluding hydrogens is 334 g/mol. The number of piperazine rings is 1. The number of methoxy groups -OCH3 is 1. The van der Waals surface area contributed by atoms with Crippen molar-refractivity contribution in [1.82, 2.24) is 9.62 Å². The van der Waals surface area contributed by atoms with Crippen molar-refractivity contribution < 1.29 is 18.1 Å². The van der Waals surface area contributed by atoms with E-state index in [4.69, 9.17) is 4.74 Å². The highest BCUT2D eigenvalue weighted by Gasteiger charge is 2.30. The van der Waals surface area contributed by atoms with Crippen LogP contribution in [0.4, 0.5) is 5.69 Å². The quantitative estimate of drug-likeness (QED) is 0.641. The Kier molecular flexibility index (Phi) is 6.12. The summed E-state index contributed by atoms with van der Waals surface area (Å²) in [5.74, 6) is 0.0348. The highest BCUT2D eigenvalue weighted by Crippen LogP contribution is 2.30. The molecule has 1 saturated heterocycles. The van der Waals surface area contributed by atoms with Gasteiger partial charge in [-0.1, -0.05) is 0 Å². The Bertz CT molecular complexity index is 652. The summed E-state index contributed by atoms with van der Waals surface area (Å²) >= 11 is 0. The summed E-state index contributed by atoms with van der Waals surface area (Å²) in [7, 11) is -2.44. The molecule has 1 aliphatic heterocycles. The summed E-state index contributed by atoms with van der Waals surface area (Å²) in [6.45, 7) is 3.12. The molecule has 1 N–H and O–H groups in total. The molecule has 1 aromatic carbocycles. The van der Waals surface area contributed by atoms with Gasteiger partial charge in [-0.3, -0.25) is 10.1 Å². The Morgan fingerprint density at radius 3 is 2.68 bits per heavy atom. The number of ether oxygens (including phenoxy) is 1. The van der Waals surface area contributed by atoms with Crippen LogP contribution in [-0.4, -0.2) is 50.4 Å². The van der Waals surface area contributed by atoms with E-state index in [0.29, 0.717) is 19.6 Å². The highest BCUT2D eigenvalue weighted by atomic mass is 35.5. The lowest BCUT2D eigenvalue weighted by molar-refractivity contribution is -0.386. The first-order valence-corrected chi connectivity index (χ1v) is 7.86. The zero-order valence-electron chi connectivity index (χ0n) is 12.2. The second kappa shape index (κ2) is 7.23. The molecule has 124 valence electrons. The topological polar surface area (TPSA) is 102 Å². The second-order valence-corrected chi connectivity index (χ2v) is 6.75. The van der Waals surface area contributed by atoms with Crippen molar-refractivity contribution in [3.05, 3.63) is 28.3 Å². The van der Waals surface area contributed by atoms with Crippen LogP contribution >= 0.6 is 12.4 Å². The van der Waals surface area contributed by atoms with Crippen molar-refractivity contribution in [3.8, 4) is 5.75 Å². The van der Waals surface area contributed by atoms with Crippen LogP contribution in [0.5, 0.6) is 5.75 Å². The molecule has 1 aliphatic rings. The average molecular weight is 352 g/mol. The Hall–Kier alpha value is -1.42. The summed E-state index contributed by atoms with van der Waals surface area (Å²) in [6.07, 6.45) is 0. The minimum atomic E-state index is -3.74. The molecule has 0 bridgehead atoms. The van der Waals surface area contributed by atoms with Gasteiger partial charge in [0.25, 0.3) is 0 Å². The van der Waals surface area contributed by atoms with Gasteiger partial charge in [-0.05, 0) is 19.1 Å². The van der Waals surface area contributed by atoms with Crippen LogP contribution in [0.3, 0.4) is 0 Å². The van der Waals surface area contributed by atoms with Gasteiger partial charge >= 0.3 is 5.69 Å². The van der Waals surface area contributed by atoms with E-state index in [-0.39, 0.29) is 34.8 Å². The van der Waals surface area contributed by atoms with Crippen molar-refractivity contribution >= 4 is 28.1 Å². The van der Waals surface area contributed by atoms with Crippen molar-refractivity contribution in [2.75, 3.05) is 26.7 Å². The van der Waals surface area contributed by atoms with Crippen LogP contribution in [0, 0.1) is 10.1 Å². The van der Waals surface area contributed by atoms with Crippen LogP contribution < -0.4 is 10.1 Å². The standard InChI is InChI=1S/C12H17N3O5S.ClH/c1-9-8-14(6-5-13-9)21(18,19)10-3-4-12(20-2)11(7-10)15(16)17;/h3-4,7,9,13H,5-6,8H2,1-2H3;1H/t9-;/m1./s1. The monoisotopic (exact) mass is 351 g/mol. The number of rotatable bonds is 4. The minimum absolute atomic E-state index is 0. The fourth-order valence-electron chi connectivity index (χ4n) is 2.24. The normalized spacial score (nSPS) is 19.3. The molecule has 2 rings (SSSR count). The Morgan fingerprint density at radius 1 is 1.45 bits per heavy atom. The van der Waals surface area contributed by atoms with Crippen LogP contribution in [-0.2, 0) is 10.0 Å².